The highest BCUT2D eigenvalue weighted by Gasteiger charge is 2.00. The Morgan fingerprint density at radius 1 is 1.33 bits per heavy atom. The quantitative estimate of drug-likeness (QED) is 0.337. The van der Waals surface area contributed by atoms with Gasteiger partial charge in [-0.05, 0) is 38.1 Å². The van der Waals surface area contributed by atoms with Gasteiger partial charge in [-0.15, -0.1) is 11.8 Å². The fourth-order valence-electron chi connectivity index (χ4n) is 1.19. The molecule has 18 heavy (non-hydrogen) atoms. The van der Waals surface area contributed by atoms with E-state index in [1.165, 1.54) is 0 Å². The molecule has 0 N–H and O–H groups in total. The number of halogens is 1. The number of carbonyl (C=O) groups is 1. The van der Waals surface area contributed by atoms with Gasteiger partial charge in [0.1, 0.15) is 6.61 Å². The lowest BCUT2D eigenvalue weighted by atomic mass is 10.3. The Hall–Kier alpha value is -0.930. The van der Waals surface area contributed by atoms with Crippen molar-refractivity contribution in [2.75, 3.05) is 12.4 Å². The minimum atomic E-state index is -0.173. The number of ether oxygens (including phenoxy) is 1. The Labute approximate surface area is 117 Å². The van der Waals surface area contributed by atoms with Crippen LogP contribution in [0.15, 0.2) is 40.8 Å². The van der Waals surface area contributed by atoms with Gasteiger partial charge in [0.15, 0.2) is 0 Å². The third-order valence-corrected chi connectivity index (χ3v) is 3.33. The Balaban J connectivity index is 2.17. The van der Waals surface area contributed by atoms with E-state index < -0.39 is 0 Å². The minimum Gasteiger partial charge on any atom is -0.465 e. The molecule has 1 aromatic rings. The molecule has 4 heteroatoms. The molecule has 0 amide bonds. The van der Waals surface area contributed by atoms with Crippen molar-refractivity contribution >= 4 is 29.3 Å². The molecule has 0 aliphatic carbocycles. The highest BCUT2D eigenvalue weighted by Crippen LogP contribution is 2.19. The fraction of sp³-hybridized carbons (Fsp3) is 0.357. The van der Waals surface area contributed by atoms with Gasteiger partial charge in [0, 0.05) is 15.7 Å². The van der Waals surface area contributed by atoms with E-state index in [1.54, 1.807) is 11.8 Å². The molecule has 2 nitrogen and oxygen atoms in total. The second-order valence-corrected chi connectivity index (χ2v) is 5.61. The average molecular weight is 285 g/mol. The molecule has 0 radical (unpaired) electrons. The zero-order chi connectivity index (χ0) is 13.4. The Bertz CT molecular complexity index is 408. The van der Waals surface area contributed by atoms with Crippen molar-refractivity contribution in [2.45, 2.75) is 25.2 Å². The summed E-state index contributed by atoms with van der Waals surface area (Å²) in [6, 6.07) is 7.62. The van der Waals surface area contributed by atoms with Crippen molar-refractivity contribution in [2.24, 2.45) is 0 Å². The molecule has 0 aliphatic rings. The zero-order valence-electron chi connectivity index (χ0n) is 10.6. The van der Waals surface area contributed by atoms with Crippen molar-refractivity contribution in [3.05, 3.63) is 40.9 Å². The van der Waals surface area contributed by atoms with Crippen molar-refractivity contribution in [1.82, 2.24) is 0 Å². The SMILES string of the molecule is CC(C)=CCC(=O)OCCSc1ccc(Cl)cc1. The fourth-order valence-corrected chi connectivity index (χ4v) is 2.05. The van der Waals surface area contributed by atoms with Crippen LogP contribution in [0.5, 0.6) is 0 Å². The highest BCUT2D eigenvalue weighted by molar-refractivity contribution is 7.99. The molecule has 0 spiro atoms. The lowest BCUT2D eigenvalue weighted by Crippen LogP contribution is -2.06. The maximum absolute atomic E-state index is 11.3. The Kier molecular flexibility index (Phi) is 6.91. The third-order valence-electron chi connectivity index (χ3n) is 2.11. The summed E-state index contributed by atoms with van der Waals surface area (Å²) in [5.41, 5.74) is 1.13. The van der Waals surface area contributed by atoms with E-state index in [4.69, 9.17) is 16.3 Å². The lowest BCUT2D eigenvalue weighted by Gasteiger charge is -2.04. The number of allylic oxidation sites excluding steroid dienone is 1. The van der Waals surface area contributed by atoms with Gasteiger partial charge in [-0.1, -0.05) is 23.3 Å². The number of rotatable bonds is 6. The van der Waals surface area contributed by atoms with E-state index >= 15 is 0 Å². The summed E-state index contributed by atoms with van der Waals surface area (Å²) in [7, 11) is 0. The van der Waals surface area contributed by atoms with Gasteiger partial charge in [-0.2, -0.15) is 0 Å². The van der Waals surface area contributed by atoms with Gasteiger partial charge in [-0.3, -0.25) is 4.79 Å². The van der Waals surface area contributed by atoms with Crippen LogP contribution in [0.4, 0.5) is 0 Å². The molecule has 0 aromatic heterocycles. The predicted molar refractivity (Wildman–Crippen MR) is 77.2 cm³/mol. The number of benzene rings is 1. The average Bonchev–Trinajstić information content (AvgIpc) is 2.34. The summed E-state index contributed by atoms with van der Waals surface area (Å²) < 4.78 is 5.11. The van der Waals surface area contributed by atoms with Gasteiger partial charge < -0.3 is 4.74 Å². The zero-order valence-corrected chi connectivity index (χ0v) is 12.2. The summed E-state index contributed by atoms with van der Waals surface area (Å²) >= 11 is 7.43. The number of hydrogen-bond acceptors (Lipinski definition) is 3. The van der Waals surface area contributed by atoms with Crippen LogP contribution < -0.4 is 0 Å². The van der Waals surface area contributed by atoms with E-state index in [2.05, 4.69) is 0 Å². The van der Waals surface area contributed by atoms with Crippen molar-refractivity contribution < 1.29 is 9.53 Å². The van der Waals surface area contributed by atoms with Gasteiger partial charge in [0.25, 0.3) is 0 Å². The first kappa shape index (κ1) is 15.1. The molecular weight excluding hydrogens is 268 g/mol. The predicted octanol–water partition coefficient (Wildman–Crippen LogP) is 4.33. The van der Waals surface area contributed by atoms with Crippen molar-refractivity contribution in [3.8, 4) is 0 Å². The molecule has 0 saturated heterocycles. The van der Waals surface area contributed by atoms with E-state index in [9.17, 15) is 4.79 Å². The molecule has 0 unspecified atom stereocenters. The second kappa shape index (κ2) is 8.22. The maximum atomic E-state index is 11.3. The number of carbonyl (C=O) groups excluding carboxylic acids is 1. The van der Waals surface area contributed by atoms with Crippen LogP contribution >= 0.6 is 23.4 Å². The first-order valence-corrected chi connectivity index (χ1v) is 7.11. The molecule has 0 saturated carbocycles. The highest BCUT2D eigenvalue weighted by atomic mass is 35.5. The van der Waals surface area contributed by atoms with Crippen LogP contribution in [0.3, 0.4) is 0 Å². The Morgan fingerprint density at radius 3 is 2.61 bits per heavy atom. The summed E-state index contributed by atoms with van der Waals surface area (Å²) in [5.74, 6) is 0.579. The molecule has 0 aliphatic heterocycles. The third kappa shape index (κ3) is 6.72. The summed E-state index contributed by atoms with van der Waals surface area (Å²) in [6.45, 7) is 4.36. The standard InChI is InChI=1S/C14H17ClO2S/c1-11(2)3-8-14(16)17-9-10-18-13-6-4-12(15)5-7-13/h3-7H,8-10H2,1-2H3. The van der Waals surface area contributed by atoms with Crippen LogP contribution in [-0.2, 0) is 9.53 Å². The van der Waals surface area contributed by atoms with E-state index in [0.717, 1.165) is 21.2 Å². The summed E-state index contributed by atoms with van der Waals surface area (Å²) in [6.07, 6.45) is 2.22. The van der Waals surface area contributed by atoms with Crippen LogP contribution in [0, 0.1) is 0 Å². The van der Waals surface area contributed by atoms with Gasteiger partial charge in [0.05, 0.1) is 6.42 Å². The topological polar surface area (TPSA) is 26.3 Å². The van der Waals surface area contributed by atoms with Crippen LogP contribution in [0.25, 0.3) is 0 Å². The number of thioether (sulfide) groups is 1. The normalized spacial score (nSPS) is 9.94. The van der Waals surface area contributed by atoms with Crippen LogP contribution in [-0.4, -0.2) is 18.3 Å². The van der Waals surface area contributed by atoms with Crippen molar-refractivity contribution in [3.63, 3.8) is 0 Å². The molecule has 1 rings (SSSR count). The number of esters is 1. The van der Waals surface area contributed by atoms with Gasteiger partial charge in [-0.25, -0.2) is 0 Å². The molecule has 1 aromatic carbocycles. The van der Waals surface area contributed by atoms with Crippen molar-refractivity contribution in [1.29, 1.82) is 0 Å². The van der Waals surface area contributed by atoms with E-state index in [0.29, 0.717) is 13.0 Å². The van der Waals surface area contributed by atoms with E-state index in [-0.39, 0.29) is 5.97 Å². The maximum Gasteiger partial charge on any atom is 0.309 e. The Morgan fingerprint density at radius 2 is 2.00 bits per heavy atom. The second-order valence-electron chi connectivity index (χ2n) is 4.01. The molecule has 0 fully saturated rings. The van der Waals surface area contributed by atoms with Gasteiger partial charge in [0.2, 0.25) is 0 Å². The smallest absolute Gasteiger partial charge is 0.309 e. The molecule has 98 valence electrons. The van der Waals surface area contributed by atoms with E-state index in [1.807, 2.05) is 44.2 Å². The molecule has 0 heterocycles. The largest absolute Gasteiger partial charge is 0.465 e. The van der Waals surface area contributed by atoms with Gasteiger partial charge >= 0.3 is 5.97 Å². The van der Waals surface area contributed by atoms with Crippen LogP contribution in [0.1, 0.15) is 20.3 Å². The first-order valence-electron chi connectivity index (χ1n) is 5.75. The summed E-state index contributed by atoms with van der Waals surface area (Å²) in [4.78, 5) is 12.4. The number of hydrogen-bond donors (Lipinski definition) is 0. The minimum absolute atomic E-state index is 0.173. The monoisotopic (exact) mass is 284 g/mol. The molecular formula is C14H17ClO2S. The molecule has 0 bridgehead atoms. The first-order chi connectivity index (χ1) is 8.58. The van der Waals surface area contributed by atoms with Crippen LogP contribution in [0.2, 0.25) is 5.02 Å². The molecule has 0 atom stereocenters. The summed E-state index contributed by atoms with van der Waals surface area (Å²) in [5, 5.41) is 0.729. The lowest BCUT2D eigenvalue weighted by molar-refractivity contribution is -0.141.